The van der Waals surface area contributed by atoms with Crippen molar-refractivity contribution in [1.29, 1.82) is 0 Å². The lowest BCUT2D eigenvalue weighted by Gasteiger charge is -2.48. The molecule has 2 heterocycles. The van der Waals surface area contributed by atoms with E-state index in [9.17, 15) is 4.79 Å². The van der Waals surface area contributed by atoms with E-state index in [0.717, 1.165) is 52.4 Å². The van der Waals surface area contributed by atoms with E-state index in [0.29, 0.717) is 6.54 Å². The molecule has 0 aromatic heterocycles. The Morgan fingerprint density at radius 2 is 1.75 bits per heavy atom. The number of rotatable bonds is 5. The molecule has 1 atom stereocenters. The zero-order valence-electron chi connectivity index (χ0n) is 17.6. The fourth-order valence-corrected chi connectivity index (χ4v) is 4.99. The van der Waals surface area contributed by atoms with Crippen LogP contribution in [0.3, 0.4) is 0 Å². The third-order valence-electron chi connectivity index (χ3n) is 6.84. The van der Waals surface area contributed by atoms with Crippen molar-refractivity contribution in [1.82, 2.24) is 15.1 Å². The van der Waals surface area contributed by atoms with Crippen LogP contribution in [0, 0.1) is 5.41 Å². The Kier molecular flexibility index (Phi) is 10.5. The largest absolute Gasteiger partial charge is 0.379 e. The summed E-state index contributed by atoms with van der Waals surface area (Å²) >= 11 is 0. The van der Waals surface area contributed by atoms with Gasteiger partial charge in [-0.2, -0.15) is 0 Å². The van der Waals surface area contributed by atoms with Gasteiger partial charge >= 0.3 is 0 Å². The van der Waals surface area contributed by atoms with Gasteiger partial charge in [0.2, 0.25) is 5.91 Å². The van der Waals surface area contributed by atoms with Crippen LogP contribution >= 0.6 is 24.8 Å². The molecular formula is C20H40Cl2N4O2. The van der Waals surface area contributed by atoms with Crippen LogP contribution in [0.4, 0.5) is 0 Å². The van der Waals surface area contributed by atoms with E-state index < -0.39 is 0 Å². The number of carbonyl (C=O) groups is 1. The minimum atomic E-state index is 0. The van der Waals surface area contributed by atoms with Gasteiger partial charge < -0.3 is 15.8 Å². The average Bonchev–Trinajstić information content (AvgIpc) is 2.64. The molecule has 8 heteroatoms. The SMILES string of the molecule is CC1(C)CN(CC(=O)NCC2(N3CCOCC3)CCCCC2)CCC1N.Cl.Cl. The highest BCUT2D eigenvalue weighted by Gasteiger charge is 2.39. The monoisotopic (exact) mass is 438 g/mol. The summed E-state index contributed by atoms with van der Waals surface area (Å²) in [5.41, 5.74) is 6.44. The van der Waals surface area contributed by atoms with Crippen LogP contribution in [0.1, 0.15) is 52.4 Å². The molecule has 0 aromatic carbocycles. The van der Waals surface area contributed by atoms with Crippen LogP contribution in [0.15, 0.2) is 0 Å². The molecule has 3 N–H and O–H groups in total. The number of halogens is 2. The summed E-state index contributed by atoms with van der Waals surface area (Å²) in [6, 6.07) is 0.230. The van der Waals surface area contributed by atoms with Crippen molar-refractivity contribution in [3.63, 3.8) is 0 Å². The first-order chi connectivity index (χ1) is 12.4. The lowest BCUT2D eigenvalue weighted by Crippen LogP contribution is -2.60. The van der Waals surface area contributed by atoms with Crippen molar-refractivity contribution < 1.29 is 9.53 Å². The molecule has 2 aliphatic heterocycles. The number of carbonyl (C=O) groups excluding carboxylic acids is 1. The number of nitrogens with one attached hydrogen (secondary N) is 1. The predicted octanol–water partition coefficient (Wildman–Crippen LogP) is 2.04. The summed E-state index contributed by atoms with van der Waals surface area (Å²) in [6.45, 7) is 11.1. The Balaban J connectivity index is 0.00000196. The van der Waals surface area contributed by atoms with Gasteiger partial charge in [0.05, 0.1) is 19.8 Å². The van der Waals surface area contributed by atoms with Gasteiger partial charge in [-0.05, 0) is 24.7 Å². The molecule has 0 aromatic rings. The topological polar surface area (TPSA) is 70.8 Å². The summed E-state index contributed by atoms with van der Waals surface area (Å²) in [5.74, 6) is 0.162. The molecule has 1 saturated carbocycles. The van der Waals surface area contributed by atoms with Gasteiger partial charge in [-0.15, -0.1) is 24.8 Å². The molecule has 28 heavy (non-hydrogen) atoms. The van der Waals surface area contributed by atoms with Gasteiger partial charge in [0.1, 0.15) is 0 Å². The lowest BCUT2D eigenvalue weighted by molar-refractivity contribution is -0.124. The zero-order valence-corrected chi connectivity index (χ0v) is 19.2. The molecule has 0 bridgehead atoms. The third kappa shape index (κ3) is 6.44. The number of morpholine rings is 1. The first kappa shape index (κ1) is 25.9. The number of amides is 1. The number of nitrogens with two attached hydrogens (primary N) is 1. The maximum Gasteiger partial charge on any atom is 0.234 e. The molecule has 0 radical (unpaired) electrons. The van der Waals surface area contributed by atoms with E-state index in [1.54, 1.807) is 0 Å². The van der Waals surface area contributed by atoms with Crippen molar-refractivity contribution in [2.45, 2.75) is 64.0 Å². The fraction of sp³-hybridized carbons (Fsp3) is 0.950. The average molecular weight is 439 g/mol. The summed E-state index contributed by atoms with van der Waals surface area (Å²) in [6.07, 6.45) is 7.22. The van der Waals surface area contributed by atoms with Gasteiger partial charge in [-0.1, -0.05) is 33.1 Å². The van der Waals surface area contributed by atoms with E-state index in [2.05, 4.69) is 29.0 Å². The Morgan fingerprint density at radius 1 is 1.11 bits per heavy atom. The molecule has 3 fully saturated rings. The highest BCUT2D eigenvalue weighted by molar-refractivity contribution is 5.85. The summed E-state index contributed by atoms with van der Waals surface area (Å²) in [5, 5.41) is 3.28. The third-order valence-corrected chi connectivity index (χ3v) is 6.84. The van der Waals surface area contributed by atoms with E-state index in [1.807, 2.05) is 0 Å². The van der Waals surface area contributed by atoms with Crippen LogP contribution in [-0.4, -0.2) is 79.8 Å². The molecule has 1 amide bonds. The van der Waals surface area contributed by atoms with Crippen molar-refractivity contribution in [2.24, 2.45) is 11.1 Å². The van der Waals surface area contributed by atoms with Gasteiger partial charge in [-0.25, -0.2) is 0 Å². The highest BCUT2D eigenvalue weighted by Crippen LogP contribution is 2.34. The number of likely N-dealkylation sites (tertiary alicyclic amines) is 1. The second-order valence-corrected chi connectivity index (χ2v) is 9.26. The molecule has 2 saturated heterocycles. The van der Waals surface area contributed by atoms with Crippen LogP contribution < -0.4 is 11.1 Å². The predicted molar refractivity (Wildman–Crippen MR) is 119 cm³/mol. The molecule has 3 aliphatic rings. The van der Waals surface area contributed by atoms with E-state index >= 15 is 0 Å². The van der Waals surface area contributed by atoms with Gasteiger partial charge in [0.25, 0.3) is 0 Å². The Morgan fingerprint density at radius 3 is 2.36 bits per heavy atom. The molecule has 3 rings (SSSR count). The van der Waals surface area contributed by atoms with Gasteiger partial charge in [0.15, 0.2) is 0 Å². The normalized spacial score (nSPS) is 27.9. The molecule has 0 spiro atoms. The van der Waals surface area contributed by atoms with E-state index in [-0.39, 0.29) is 47.7 Å². The first-order valence-corrected chi connectivity index (χ1v) is 10.5. The molecular weight excluding hydrogens is 399 g/mol. The second-order valence-electron chi connectivity index (χ2n) is 9.26. The van der Waals surface area contributed by atoms with Crippen molar-refractivity contribution in [3.8, 4) is 0 Å². The molecule has 6 nitrogen and oxygen atoms in total. The van der Waals surface area contributed by atoms with Crippen LogP contribution in [0.5, 0.6) is 0 Å². The zero-order chi connectivity index (χ0) is 18.6. The summed E-state index contributed by atoms with van der Waals surface area (Å²) in [4.78, 5) is 17.5. The van der Waals surface area contributed by atoms with Crippen molar-refractivity contribution in [2.75, 3.05) is 52.5 Å². The fourth-order valence-electron chi connectivity index (χ4n) is 4.99. The quantitative estimate of drug-likeness (QED) is 0.686. The maximum atomic E-state index is 12.6. The van der Waals surface area contributed by atoms with Crippen LogP contribution in [0.25, 0.3) is 0 Å². The van der Waals surface area contributed by atoms with Crippen molar-refractivity contribution in [3.05, 3.63) is 0 Å². The Bertz CT molecular complexity index is 481. The van der Waals surface area contributed by atoms with Crippen LogP contribution in [0.2, 0.25) is 0 Å². The number of hydrogen-bond donors (Lipinski definition) is 2. The number of nitrogens with zero attached hydrogens (tertiary/aromatic N) is 2. The van der Waals surface area contributed by atoms with E-state index in [1.165, 1.54) is 32.1 Å². The van der Waals surface area contributed by atoms with E-state index in [4.69, 9.17) is 10.5 Å². The maximum absolute atomic E-state index is 12.6. The number of piperidine rings is 1. The number of ether oxygens (including phenoxy) is 1. The minimum absolute atomic E-state index is 0. The van der Waals surface area contributed by atoms with Gasteiger partial charge in [0, 0.05) is 44.3 Å². The highest BCUT2D eigenvalue weighted by atomic mass is 35.5. The minimum Gasteiger partial charge on any atom is -0.379 e. The molecule has 1 aliphatic carbocycles. The summed E-state index contributed by atoms with van der Waals surface area (Å²) in [7, 11) is 0. The van der Waals surface area contributed by atoms with Crippen LogP contribution in [-0.2, 0) is 9.53 Å². The Labute approximate surface area is 183 Å². The van der Waals surface area contributed by atoms with Gasteiger partial charge in [-0.3, -0.25) is 14.6 Å². The Hall–Kier alpha value is -0.110. The van der Waals surface area contributed by atoms with Crippen molar-refractivity contribution >= 4 is 30.7 Å². The second kappa shape index (κ2) is 11.3. The standard InChI is InChI=1S/C20H38N4O2.2ClH/c1-19(2)16-23(9-6-17(19)21)14-18(25)22-15-20(7-4-3-5-8-20)24-10-12-26-13-11-24;;/h17H,3-16,21H2,1-2H3,(H,22,25);2*1H. The number of hydrogen-bond acceptors (Lipinski definition) is 5. The summed E-state index contributed by atoms with van der Waals surface area (Å²) < 4.78 is 5.54. The lowest BCUT2D eigenvalue weighted by atomic mass is 9.79. The molecule has 1 unspecified atom stereocenters. The molecule has 166 valence electrons. The smallest absolute Gasteiger partial charge is 0.234 e. The first-order valence-electron chi connectivity index (χ1n) is 10.5.